The lowest BCUT2D eigenvalue weighted by molar-refractivity contribution is -0.274. The number of carbonyl (C=O) groups excluding carboxylic acids is 1. The van der Waals surface area contributed by atoms with E-state index in [2.05, 4.69) is 9.72 Å². The smallest absolute Gasteiger partial charge is 0.480 e. The van der Waals surface area contributed by atoms with Gasteiger partial charge in [-0.2, -0.15) is 0 Å². The third kappa shape index (κ3) is 3.22. The fourth-order valence-electron chi connectivity index (χ4n) is 0.903. The number of aldehydes is 1. The van der Waals surface area contributed by atoms with Gasteiger partial charge in [0.1, 0.15) is 5.69 Å². The number of alkyl halides is 3. The molecule has 0 aromatic carbocycles. The van der Waals surface area contributed by atoms with Crippen molar-refractivity contribution in [2.24, 2.45) is 0 Å². The molecule has 0 N–H and O–H groups in total. The molecule has 1 aromatic heterocycles. The van der Waals surface area contributed by atoms with Gasteiger partial charge in [-0.15, -0.1) is 13.2 Å². The molecule has 0 spiro atoms. The standard InChI is InChI=1S/C8H5F3INO3/c1-15-7-4(12)2-6(5(3-14)13-7)16-8(9,10)11/h2-3H,1H3. The summed E-state index contributed by atoms with van der Waals surface area (Å²) in [5, 5.41) is 0. The summed E-state index contributed by atoms with van der Waals surface area (Å²) in [7, 11) is 1.30. The molecule has 0 atom stereocenters. The summed E-state index contributed by atoms with van der Waals surface area (Å²) in [6.45, 7) is 0. The summed E-state index contributed by atoms with van der Waals surface area (Å²) in [6, 6.07) is 1.03. The van der Waals surface area contributed by atoms with Crippen molar-refractivity contribution >= 4 is 28.9 Å². The Labute approximate surface area is 102 Å². The van der Waals surface area contributed by atoms with Crippen molar-refractivity contribution in [3.63, 3.8) is 0 Å². The molecule has 16 heavy (non-hydrogen) atoms. The average Bonchev–Trinajstić information content (AvgIpc) is 2.16. The average molecular weight is 347 g/mol. The van der Waals surface area contributed by atoms with Crippen molar-refractivity contribution in [2.75, 3.05) is 7.11 Å². The normalized spacial score (nSPS) is 11.1. The first-order valence-corrected chi connectivity index (χ1v) is 4.90. The Hall–Kier alpha value is -1.06. The van der Waals surface area contributed by atoms with Gasteiger partial charge in [0.05, 0.1) is 10.7 Å². The van der Waals surface area contributed by atoms with Gasteiger partial charge in [0.15, 0.2) is 12.0 Å². The predicted molar refractivity (Wildman–Crippen MR) is 55.6 cm³/mol. The molecule has 0 bridgehead atoms. The minimum Gasteiger partial charge on any atom is -0.480 e. The highest BCUT2D eigenvalue weighted by Gasteiger charge is 2.33. The topological polar surface area (TPSA) is 48.4 Å². The fraction of sp³-hybridized carbons (Fsp3) is 0.250. The highest BCUT2D eigenvalue weighted by atomic mass is 127. The molecule has 1 rings (SSSR count). The van der Waals surface area contributed by atoms with Gasteiger partial charge in [-0.3, -0.25) is 4.79 Å². The van der Waals surface area contributed by atoms with Crippen LogP contribution in [0, 0.1) is 3.57 Å². The van der Waals surface area contributed by atoms with Crippen LogP contribution in [0.5, 0.6) is 11.6 Å². The van der Waals surface area contributed by atoms with E-state index in [1.54, 1.807) is 22.6 Å². The Bertz CT molecular complexity index is 408. The summed E-state index contributed by atoms with van der Waals surface area (Å²) in [5.74, 6) is -0.579. The molecule has 0 unspecified atom stereocenters. The summed E-state index contributed by atoms with van der Waals surface area (Å²) in [6.07, 6.45) is -4.70. The summed E-state index contributed by atoms with van der Waals surface area (Å²) < 4.78 is 44.6. The zero-order valence-electron chi connectivity index (χ0n) is 7.84. The third-order valence-electron chi connectivity index (χ3n) is 1.47. The molecular formula is C8H5F3INO3. The van der Waals surface area contributed by atoms with E-state index < -0.39 is 17.8 Å². The maximum absolute atomic E-state index is 12.0. The van der Waals surface area contributed by atoms with Crippen molar-refractivity contribution in [2.45, 2.75) is 6.36 Å². The Balaban J connectivity index is 3.18. The van der Waals surface area contributed by atoms with E-state index in [-0.39, 0.29) is 12.2 Å². The maximum atomic E-state index is 12.0. The molecule has 0 aliphatic heterocycles. The van der Waals surface area contributed by atoms with Crippen molar-refractivity contribution < 1.29 is 27.4 Å². The number of carbonyl (C=O) groups is 1. The lowest BCUT2D eigenvalue weighted by Crippen LogP contribution is -2.18. The maximum Gasteiger partial charge on any atom is 0.573 e. The highest BCUT2D eigenvalue weighted by molar-refractivity contribution is 14.1. The van der Waals surface area contributed by atoms with Crippen LogP contribution >= 0.6 is 22.6 Å². The predicted octanol–water partition coefficient (Wildman–Crippen LogP) is 2.41. The highest BCUT2D eigenvalue weighted by Crippen LogP contribution is 2.29. The van der Waals surface area contributed by atoms with E-state index in [1.165, 1.54) is 7.11 Å². The Morgan fingerprint density at radius 3 is 2.56 bits per heavy atom. The largest absolute Gasteiger partial charge is 0.573 e. The molecule has 0 saturated heterocycles. The van der Waals surface area contributed by atoms with E-state index in [1.807, 2.05) is 0 Å². The molecule has 0 aliphatic carbocycles. The lowest BCUT2D eigenvalue weighted by atomic mass is 10.3. The number of rotatable bonds is 3. The monoisotopic (exact) mass is 347 g/mol. The first kappa shape index (κ1) is 13.0. The fourth-order valence-corrected chi connectivity index (χ4v) is 1.53. The molecule has 1 aromatic rings. The Kier molecular flexibility index (Phi) is 3.94. The lowest BCUT2D eigenvalue weighted by Gasteiger charge is -2.11. The number of nitrogens with zero attached hydrogens (tertiary/aromatic N) is 1. The molecule has 88 valence electrons. The summed E-state index contributed by atoms with van der Waals surface area (Å²) in [4.78, 5) is 14.1. The molecule has 1 heterocycles. The second kappa shape index (κ2) is 4.85. The molecule has 8 heteroatoms. The minimum absolute atomic E-state index is 0.0669. The number of ether oxygens (including phenoxy) is 2. The Morgan fingerprint density at radius 1 is 1.50 bits per heavy atom. The van der Waals surface area contributed by atoms with E-state index in [0.29, 0.717) is 3.57 Å². The minimum atomic E-state index is -4.86. The van der Waals surface area contributed by atoms with Crippen LogP contribution in [0.3, 0.4) is 0 Å². The number of hydrogen-bond donors (Lipinski definition) is 0. The van der Waals surface area contributed by atoms with E-state index in [4.69, 9.17) is 4.74 Å². The molecule has 4 nitrogen and oxygen atoms in total. The SMILES string of the molecule is COc1nc(C=O)c(OC(F)(F)F)cc1I. The molecule has 0 saturated carbocycles. The first-order valence-electron chi connectivity index (χ1n) is 3.83. The van der Waals surface area contributed by atoms with Crippen LogP contribution in [0.2, 0.25) is 0 Å². The quantitative estimate of drug-likeness (QED) is 0.623. The Morgan fingerprint density at radius 2 is 2.12 bits per heavy atom. The molecule has 0 radical (unpaired) electrons. The summed E-state index contributed by atoms with van der Waals surface area (Å²) in [5.41, 5.74) is -0.463. The van der Waals surface area contributed by atoms with E-state index in [0.717, 1.165) is 6.07 Å². The second-order valence-corrected chi connectivity index (χ2v) is 3.69. The second-order valence-electron chi connectivity index (χ2n) is 2.53. The van der Waals surface area contributed by atoms with Gasteiger partial charge >= 0.3 is 6.36 Å². The first-order chi connectivity index (χ1) is 7.37. The van der Waals surface area contributed by atoms with Crippen LogP contribution in [0.25, 0.3) is 0 Å². The molecule has 0 fully saturated rings. The third-order valence-corrected chi connectivity index (χ3v) is 2.24. The summed E-state index contributed by atoms with van der Waals surface area (Å²) >= 11 is 1.72. The van der Waals surface area contributed by atoms with Crippen molar-refractivity contribution in [1.82, 2.24) is 4.98 Å². The number of halogens is 4. The molecular weight excluding hydrogens is 342 g/mol. The number of methoxy groups -OCH3 is 1. The van der Waals surface area contributed by atoms with Crippen LogP contribution < -0.4 is 9.47 Å². The van der Waals surface area contributed by atoms with Crippen LogP contribution in [-0.2, 0) is 0 Å². The van der Waals surface area contributed by atoms with E-state index >= 15 is 0 Å². The van der Waals surface area contributed by atoms with Gasteiger partial charge in [-0.25, -0.2) is 4.98 Å². The van der Waals surface area contributed by atoms with Gasteiger partial charge in [-0.1, -0.05) is 0 Å². The van der Waals surface area contributed by atoms with Crippen LogP contribution in [0.1, 0.15) is 10.5 Å². The van der Waals surface area contributed by atoms with Crippen molar-refractivity contribution in [3.8, 4) is 11.6 Å². The van der Waals surface area contributed by atoms with Gasteiger partial charge in [0.2, 0.25) is 5.88 Å². The zero-order chi connectivity index (χ0) is 12.3. The number of aromatic nitrogens is 1. The number of pyridine rings is 1. The number of hydrogen-bond acceptors (Lipinski definition) is 4. The van der Waals surface area contributed by atoms with Crippen LogP contribution in [-0.4, -0.2) is 24.7 Å². The molecule has 0 aliphatic rings. The van der Waals surface area contributed by atoms with E-state index in [9.17, 15) is 18.0 Å². The van der Waals surface area contributed by atoms with Crippen LogP contribution in [0.15, 0.2) is 6.07 Å². The van der Waals surface area contributed by atoms with Crippen molar-refractivity contribution in [3.05, 3.63) is 15.3 Å². The molecule has 0 amide bonds. The van der Waals surface area contributed by atoms with Gasteiger partial charge in [-0.05, 0) is 22.6 Å². The van der Waals surface area contributed by atoms with Gasteiger partial charge in [0, 0.05) is 6.07 Å². The van der Waals surface area contributed by atoms with Gasteiger partial charge in [0.25, 0.3) is 0 Å². The van der Waals surface area contributed by atoms with Crippen LogP contribution in [0.4, 0.5) is 13.2 Å². The van der Waals surface area contributed by atoms with Gasteiger partial charge < -0.3 is 9.47 Å². The van der Waals surface area contributed by atoms with Crippen molar-refractivity contribution in [1.29, 1.82) is 0 Å². The zero-order valence-corrected chi connectivity index (χ0v) is 10.00.